The van der Waals surface area contributed by atoms with Gasteiger partial charge in [0, 0.05) is 34.9 Å². The summed E-state index contributed by atoms with van der Waals surface area (Å²) in [5, 5.41) is 5.93. The van der Waals surface area contributed by atoms with Crippen LogP contribution in [-0.4, -0.2) is 15.9 Å². The van der Waals surface area contributed by atoms with Crippen molar-refractivity contribution in [2.24, 2.45) is 0 Å². The third kappa shape index (κ3) is 4.62. The highest BCUT2D eigenvalue weighted by atomic mass is 19.1. The maximum Gasteiger partial charge on any atom is 0.255 e. The van der Waals surface area contributed by atoms with Gasteiger partial charge in [-0.05, 0) is 48.0 Å². The van der Waals surface area contributed by atoms with Gasteiger partial charge >= 0.3 is 0 Å². The monoisotopic (exact) mass is 384 g/mol. The average Bonchev–Trinajstić information content (AvgIpc) is 2.75. The minimum atomic E-state index is -0.310. The first kappa shape index (κ1) is 18.3. The lowest BCUT2D eigenvalue weighted by Crippen LogP contribution is -2.12. The van der Waals surface area contributed by atoms with E-state index in [-0.39, 0.29) is 11.7 Å². The van der Waals surface area contributed by atoms with Crippen molar-refractivity contribution in [3.63, 3.8) is 0 Å². The van der Waals surface area contributed by atoms with E-state index in [2.05, 4.69) is 20.6 Å². The molecule has 0 bridgehead atoms. The molecule has 0 fully saturated rings. The number of carbonyl (C=O) groups excluding carboxylic acids is 1. The Labute approximate surface area is 167 Å². The molecule has 2 N–H and O–H groups in total. The zero-order valence-electron chi connectivity index (χ0n) is 15.3. The second-order valence-corrected chi connectivity index (χ2v) is 6.33. The third-order valence-corrected chi connectivity index (χ3v) is 4.22. The fourth-order valence-electron chi connectivity index (χ4n) is 2.80. The number of halogens is 1. The number of benzene rings is 3. The summed E-state index contributed by atoms with van der Waals surface area (Å²) in [5.41, 5.74) is 3.34. The zero-order chi connectivity index (χ0) is 20.1. The fourth-order valence-corrected chi connectivity index (χ4v) is 2.80. The van der Waals surface area contributed by atoms with E-state index >= 15 is 0 Å². The zero-order valence-corrected chi connectivity index (χ0v) is 15.3. The molecule has 0 radical (unpaired) electrons. The average molecular weight is 384 g/mol. The van der Waals surface area contributed by atoms with Crippen LogP contribution < -0.4 is 10.6 Å². The van der Waals surface area contributed by atoms with Crippen LogP contribution in [0.15, 0.2) is 91.3 Å². The van der Waals surface area contributed by atoms with Crippen LogP contribution in [-0.2, 0) is 0 Å². The molecule has 1 heterocycles. The molecule has 142 valence electrons. The van der Waals surface area contributed by atoms with E-state index in [1.807, 2.05) is 36.4 Å². The van der Waals surface area contributed by atoms with Crippen molar-refractivity contribution >= 4 is 23.2 Å². The number of carbonyl (C=O) groups is 1. The Morgan fingerprint density at radius 1 is 0.759 bits per heavy atom. The SMILES string of the molecule is O=C(Nc1ccccc1)c1cccc(Nc2ncc(-c3cccc(F)c3)cn2)c1. The Balaban J connectivity index is 1.47. The number of aromatic nitrogens is 2. The van der Waals surface area contributed by atoms with Gasteiger partial charge in [-0.3, -0.25) is 4.79 Å². The number of rotatable bonds is 5. The molecule has 1 aromatic heterocycles. The Hall–Kier alpha value is -4.06. The fraction of sp³-hybridized carbons (Fsp3) is 0. The molecule has 5 nitrogen and oxygen atoms in total. The predicted octanol–water partition coefficient (Wildman–Crippen LogP) is 5.28. The van der Waals surface area contributed by atoms with Crippen LogP contribution >= 0.6 is 0 Å². The molecule has 6 heteroatoms. The van der Waals surface area contributed by atoms with Crippen molar-refractivity contribution in [3.05, 3.63) is 103 Å². The van der Waals surface area contributed by atoms with Gasteiger partial charge in [-0.25, -0.2) is 14.4 Å². The van der Waals surface area contributed by atoms with Gasteiger partial charge < -0.3 is 10.6 Å². The lowest BCUT2D eigenvalue weighted by molar-refractivity contribution is 0.102. The summed E-state index contributed by atoms with van der Waals surface area (Å²) < 4.78 is 13.4. The van der Waals surface area contributed by atoms with Crippen LogP contribution in [0, 0.1) is 5.82 Å². The minimum Gasteiger partial charge on any atom is -0.324 e. The first-order chi connectivity index (χ1) is 14.2. The topological polar surface area (TPSA) is 66.9 Å². The highest BCUT2D eigenvalue weighted by Crippen LogP contribution is 2.21. The van der Waals surface area contributed by atoms with E-state index < -0.39 is 0 Å². The standard InChI is InChI=1S/C23H17FN4O/c24-19-8-4-6-16(12-19)18-14-25-23(26-15-18)28-21-11-5-7-17(13-21)22(29)27-20-9-2-1-3-10-20/h1-15H,(H,27,29)(H,25,26,28). The smallest absolute Gasteiger partial charge is 0.255 e. The molecule has 0 aliphatic rings. The maximum atomic E-state index is 13.4. The third-order valence-electron chi connectivity index (χ3n) is 4.22. The number of nitrogens with one attached hydrogen (secondary N) is 2. The van der Waals surface area contributed by atoms with Gasteiger partial charge in [0.2, 0.25) is 5.95 Å². The second-order valence-electron chi connectivity index (χ2n) is 6.33. The molecule has 0 saturated carbocycles. The largest absolute Gasteiger partial charge is 0.324 e. The summed E-state index contributed by atoms with van der Waals surface area (Å²) in [6.07, 6.45) is 3.24. The molecule has 1 amide bonds. The van der Waals surface area contributed by atoms with E-state index in [1.165, 1.54) is 12.1 Å². The second kappa shape index (κ2) is 8.31. The number of para-hydroxylation sites is 1. The molecule has 4 aromatic rings. The number of nitrogens with zero attached hydrogens (tertiary/aromatic N) is 2. The van der Waals surface area contributed by atoms with Crippen molar-refractivity contribution in [2.75, 3.05) is 10.6 Å². The Morgan fingerprint density at radius 3 is 2.24 bits per heavy atom. The first-order valence-electron chi connectivity index (χ1n) is 8.99. The van der Waals surface area contributed by atoms with Crippen LogP contribution in [0.2, 0.25) is 0 Å². The molecule has 0 unspecified atom stereocenters. The molecular formula is C23H17FN4O. The van der Waals surface area contributed by atoms with E-state index in [4.69, 9.17) is 0 Å². The van der Waals surface area contributed by atoms with Crippen molar-refractivity contribution in [1.82, 2.24) is 9.97 Å². The van der Waals surface area contributed by atoms with Gasteiger partial charge in [-0.1, -0.05) is 36.4 Å². The quantitative estimate of drug-likeness (QED) is 0.491. The first-order valence-corrected chi connectivity index (χ1v) is 8.99. The molecule has 0 aliphatic carbocycles. The molecule has 29 heavy (non-hydrogen) atoms. The van der Waals surface area contributed by atoms with Gasteiger partial charge in [0.15, 0.2) is 0 Å². The van der Waals surface area contributed by atoms with E-state index in [1.54, 1.807) is 42.7 Å². The van der Waals surface area contributed by atoms with Crippen LogP contribution in [0.5, 0.6) is 0 Å². The lowest BCUT2D eigenvalue weighted by atomic mass is 10.1. The van der Waals surface area contributed by atoms with E-state index in [9.17, 15) is 9.18 Å². The van der Waals surface area contributed by atoms with Gasteiger partial charge in [-0.2, -0.15) is 0 Å². The van der Waals surface area contributed by atoms with Gasteiger partial charge in [0.05, 0.1) is 0 Å². The van der Waals surface area contributed by atoms with Crippen molar-refractivity contribution in [1.29, 1.82) is 0 Å². The molecule has 0 atom stereocenters. The Bertz CT molecular complexity index is 1130. The van der Waals surface area contributed by atoms with Crippen molar-refractivity contribution in [2.45, 2.75) is 0 Å². The molecule has 3 aromatic carbocycles. The van der Waals surface area contributed by atoms with Gasteiger partial charge in [0.1, 0.15) is 5.82 Å². The number of hydrogen-bond donors (Lipinski definition) is 2. The van der Waals surface area contributed by atoms with Crippen molar-refractivity contribution < 1.29 is 9.18 Å². The van der Waals surface area contributed by atoms with Gasteiger partial charge in [0.25, 0.3) is 5.91 Å². The summed E-state index contributed by atoms with van der Waals surface area (Å²) in [5.74, 6) is -0.136. The summed E-state index contributed by atoms with van der Waals surface area (Å²) in [6.45, 7) is 0. The summed E-state index contributed by atoms with van der Waals surface area (Å²) >= 11 is 0. The summed E-state index contributed by atoms with van der Waals surface area (Å²) in [6, 6.07) is 22.6. The van der Waals surface area contributed by atoms with Crippen LogP contribution in [0.3, 0.4) is 0 Å². The summed E-state index contributed by atoms with van der Waals surface area (Å²) in [7, 11) is 0. The predicted molar refractivity (Wildman–Crippen MR) is 112 cm³/mol. The number of amides is 1. The minimum absolute atomic E-state index is 0.206. The molecule has 0 aliphatic heterocycles. The van der Waals surface area contributed by atoms with Crippen LogP contribution in [0.1, 0.15) is 10.4 Å². The number of anilines is 3. The van der Waals surface area contributed by atoms with E-state index in [0.29, 0.717) is 28.3 Å². The van der Waals surface area contributed by atoms with Crippen molar-refractivity contribution in [3.8, 4) is 11.1 Å². The van der Waals surface area contributed by atoms with Crippen LogP contribution in [0.25, 0.3) is 11.1 Å². The molecule has 4 rings (SSSR count). The highest BCUT2D eigenvalue weighted by molar-refractivity contribution is 6.04. The molecule has 0 saturated heterocycles. The van der Waals surface area contributed by atoms with Gasteiger partial charge in [-0.15, -0.1) is 0 Å². The normalized spacial score (nSPS) is 10.4. The Kier molecular flexibility index (Phi) is 5.25. The highest BCUT2D eigenvalue weighted by Gasteiger charge is 2.08. The number of hydrogen-bond acceptors (Lipinski definition) is 4. The van der Waals surface area contributed by atoms with E-state index in [0.717, 1.165) is 5.69 Å². The molecular weight excluding hydrogens is 367 g/mol. The maximum absolute atomic E-state index is 13.4. The molecule has 0 spiro atoms. The summed E-state index contributed by atoms with van der Waals surface area (Å²) in [4.78, 5) is 21.0. The Morgan fingerprint density at radius 2 is 1.48 bits per heavy atom. The lowest BCUT2D eigenvalue weighted by Gasteiger charge is -2.09. The van der Waals surface area contributed by atoms with Crippen LogP contribution in [0.4, 0.5) is 21.7 Å².